The van der Waals surface area contributed by atoms with Crippen LogP contribution in [0, 0.1) is 0 Å². The summed E-state index contributed by atoms with van der Waals surface area (Å²) in [7, 11) is 1.82. The number of hydrogen-bond donors (Lipinski definition) is 1. The maximum Gasteiger partial charge on any atom is 0.289 e. The summed E-state index contributed by atoms with van der Waals surface area (Å²) >= 11 is 0. The molecule has 122 valence electrons. The van der Waals surface area contributed by atoms with Crippen LogP contribution in [-0.4, -0.2) is 46.0 Å². The van der Waals surface area contributed by atoms with Gasteiger partial charge in [-0.25, -0.2) is 4.98 Å². The van der Waals surface area contributed by atoms with Crippen LogP contribution in [0.2, 0.25) is 0 Å². The smallest absolute Gasteiger partial charge is 0.289 e. The van der Waals surface area contributed by atoms with E-state index in [0.717, 1.165) is 18.5 Å². The molecule has 0 unspecified atom stereocenters. The van der Waals surface area contributed by atoms with Crippen LogP contribution in [0.5, 0.6) is 5.75 Å². The van der Waals surface area contributed by atoms with Crippen molar-refractivity contribution in [2.75, 3.05) is 13.2 Å². The van der Waals surface area contributed by atoms with Crippen molar-refractivity contribution in [2.24, 2.45) is 7.05 Å². The lowest BCUT2D eigenvalue weighted by atomic mass is 10.2. The predicted octanol–water partition coefficient (Wildman–Crippen LogP) is 0.862. The summed E-state index contributed by atoms with van der Waals surface area (Å²) < 4.78 is 18.2. The van der Waals surface area contributed by atoms with E-state index in [1.807, 2.05) is 7.05 Å². The fourth-order valence-electron chi connectivity index (χ4n) is 2.73. The first-order valence-corrected chi connectivity index (χ1v) is 7.68. The molecule has 2 fully saturated rings. The first-order chi connectivity index (χ1) is 11.2. The Hall–Kier alpha value is -2.35. The predicted molar refractivity (Wildman–Crippen MR) is 78.2 cm³/mol. The molecule has 8 heteroatoms. The molecule has 1 amide bonds. The quantitative estimate of drug-likeness (QED) is 0.879. The zero-order chi connectivity index (χ0) is 15.8. The number of oxazole rings is 1. The lowest BCUT2D eigenvalue weighted by molar-refractivity contribution is 0.0875. The van der Waals surface area contributed by atoms with Gasteiger partial charge >= 0.3 is 0 Å². The first-order valence-electron chi connectivity index (χ1n) is 7.68. The average molecular weight is 318 g/mol. The maximum atomic E-state index is 12.4. The number of ether oxygens (including phenoxy) is 2. The summed E-state index contributed by atoms with van der Waals surface area (Å²) in [6.07, 6.45) is 6.61. The van der Waals surface area contributed by atoms with Gasteiger partial charge in [0, 0.05) is 13.0 Å². The van der Waals surface area contributed by atoms with Crippen molar-refractivity contribution in [1.29, 1.82) is 0 Å². The van der Waals surface area contributed by atoms with Gasteiger partial charge in [-0.15, -0.1) is 0 Å². The lowest BCUT2D eigenvalue weighted by Crippen LogP contribution is -2.45. The largest absolute Gasteiger partial charge is 0.482 e. The van der Waals surface area contributed by atoms with E-state index >= 15 is 0 Å². The van der Waals surface area contributed by atoms with Crippen LogP contribution in [0.25, 0.3) is 0 Å². The summed E-state index contributed by atoms with van der Waals surface area (Å²) in [6.45, 7) is 0.829. The Labute approximate surface area is 132 Å². The number of nitrogens with one attached hydrogen (secondary N) is 1. The molecule has 4 rings (SSSR count). The minimum Gasteiger partial charge on any atom is -0.482 e. The van der Waals surface area contributed by atoms with Crippen LogP contribution in [0.4, 0.5) is 0 Å². The number of aryl methyl sites for hydroxylation is 1. The fourth-order valence-corrected chi connectivity index (χ4v) is 2.73. The summed E-state index contributed by atoms with van der Waals surface area (Å²) in [5, 5.41) is 7.00. The van der Waals surface area contributed by atoms with Gasteiger partial charge in [-0.3, -0.25) is 9.48 Å². The molecular weight excluding hydrogens is 300 g/mol. The molecule has 2 aromatic rings. The zero-order valence-electron chi connectivity index (χ0n) is 12.8. The Bertz CT molecular complexity index is 706. The molecule has 1 aliphatic carbocycles. The van der Waals surface area contributed by atoms with Gasteiger partial charge in [0.2, 0.25) is 5.76 Å². The van der Waals surface area contributed by atoms with E-state index in [1.54, 1.807) is 17.1 Å². The number of aromatic nitrogens is 3. The number of rotatable bonds is 5. The molecule has 0 bridgehead atoms. The van der Waals surface area contributed by atoms with Gasteiger partial charge in [-0.05, 0) is 12.8 Å². The molecular formula is C15H18N4O4. The molecule has 8 nitrogen and oxygen atoms in total. The summed E-state index contributed by atoms with van der Waals surface area (Å²) in [5.41, 5.74) is 0.756. The highest BCUT2D eigenvalue weighted by Gasteiger charge is 2.36. The SMILES string of the molecule is Cn1cc(O[C@@H]2COC[C@@H]2NC(=O)c2ocnc2C2CC2)cn1. The average Bonchev–Trinajstić information content (AvgIpc) is 2.93. The second kappa shape index (κ2) is 5.69. The zero-order valence-corrected chi connectivity index (χ0v) is 12.8. The van der Waals surface area contributed by atoms with Crippen LogP contribution < -0.4 is 10.1 Å². The number of hydrogen-bond acceptors (Lipinski definition) is 6. The third-order valence-corrected chi connectivity index (χ3v) is 4.08. The molecule has 2 aromatic heterocycles. The van der Waals surface area contributed by atoms with Gasteiger partial charge in [0.05, 0.1) is 37.3 Å². The highest BCUT2D eigenvalue weighted by Crippen LogP contribution is 2.40. The summed E-state index contributed by atoms with van der Waals surface area (Å²) in [4.78, 5) is 16.6. The number of carbonyl (C=O) groups excluding carboxylic acids is 1. The normalized spacial score (nSPS) is 23.9. The third-order valence-electron chi connectivity index (χ3n) is 4.08. The Balaban J connectivity index is 1.42. The van der Waals surface area contributed by atoms with Gasteiger partial charge < -0.3 is 19.2 Å². The van der Waals surface area contributed by atoms with Crippen molar-refractivity contribution in [2.45, 2.75) is 30.9 Å². The van der Waals surface area contributed by atoms with Crippen molar-refractivity contribution in [3.8, 4) is 5.75 Å². The molecule has 3 heterocycles. The highest BCUT2D eigenvalue weighted by molar-refractivity contribution is 5.93. The Kier molecular flexibility index (Phi) is 3.53. The molecule has 1 saturated heterocycles. The second-order valence-corrected chi connectivity index (χ2v) is 5.96. The number of nitrogens with zero attached hydrogens (tertiary/aromatic N) is 3. The third kappa shape index (κ3) is 2.94. The van der Waals surface area contributed by atoms with E-state index in [4.69, 9.17) is 13.9 Å². The van der Waals surface area contributed by atoms with E-state index in [-0.39, 0.29) is 18.1 Å². The van der Waals surface area contributed by atoms with Gasteiger partial charge in [-0.1, -0.05) is 0 Å². The van der Waals surface area contributed by atoms with E-state index in [2.05, 4.69) is 15.4 Å². The second-order valence-electron chi connectivity index (χ2n) is 5.96. The van der Waals surface area contributed by atoms with Crippen LogP contribution in [0.1, 0.15) is 35.0 Å². The number of carbonyl (C=O) groups is 1. The van der Waals surface area contributed by atoms with E-state index in [1.165, 1.54) is 6.39 Å². The Morgan fingerprint density at radius 2 is 2.30 bits per heavy atom. The van der Waals surface area contributed by atoms with Crippen LogP contribution in [0.3, 0.4) is 0 Å². The molecule has 23 heavy (non-hydrogen) atoms. The van der Waals surface area contributed by atoms with Crippen LogP contribution >= 0.6 is 0 Å². The lowest BCUT2D eigenvalue weighted by Gasteiger charge is -2.19. The molecule has 2 atom stereocenters. The monoisotopic (exact) mass is 318 g/mol. The van der Waals surface area contributed by atoms with E-state index in [0.29, 0.717) is 30.6 Å². The number of amides is 1. The van der Waals surface area contributed by atoms with E-state index < -0.39 is 0 Å². The van der Waals surface area contributed by atoms with Crippen molar-refractivity contribution in [3.05, 3.63) is 30.2 Å². The van der Waals surface area contributed by atoms with Crippen molar-refractivity contribution >= 4 is 5.91 Å². The highest BCUT2D eigenvalue weighted by atomic mass is 16.5. The maximum absolute atomic E-state index is 12.4. The molecule has 1 saturated carbocycles. The summed E-state index contributed by atoms with van der Waals surface area (Å²) in [5.74, 6) is 1.05. The van der Waals surface area contributed by atoms with Gasteiger partial charge in [0.15, 0.2) is 12.1 Å². The summed E-state index contributed by atoms with van der Waals surface area (Å²) in [6, 6.07) is -0.236. The molecule has 2 aliphatic rings. The van der Waals surface area contributed by atoms with E-state index in [9.17, 15) is 4.79 Å². The van der Waals surface area contributed by atoms with Gasteiger partial charge in [0.25, 0.3) is 5.91 Å². The van der Waals surface area contributed by atoms with Gasteiger partial charge in [0.1, 0.15) is 6.10 Å². The molecule has 1 N–H and O–H groups in total. The molecule has 0 radical (unpaired) electrons. The molecule has 1 aliphatic heterocycles. The van der Waals surface area contributed by atoms with Crippen LogP contribution in [-0.2, 0) is 11.8 Å². The van der Waals surface area contributed by atoms with Crippen molar-refractivity contribution in [3.63, 3.8) is 0 Å². The Morgan fingerprint density at radius 3 is 3.04 bits per heavy atom. The minimum atomic E-state index is -0.264. The first kappa shape index (κ1) is 14.3. The fraction of sp³-hybridized carbons (Fsp3) is 0.533. The van der Waals surface area contributed by atoms with Crippen LogP contribution in [0.15, 0.2) is 23.2 Å². The van der Waals surface area contributed by atoms with Gasteiger partial charge in [-0.2, -0.15) is 5.10 Å². The minimum absolute atomic E-state index is 0.236. The van der Waals surface area contributed by atoms with Crippen molar-refractivity contribution < 1.29 is 18.7 Å². The topological polar surface area (TPSA) is 91.4 Å². The Morgan fingerprint density at radius 1 is 1.43 bits per heavy atom. The standard InChI is InChI=1S/C15H18N4O4/c1-19-5-10(4-17-19)23-12-7-21-6-11(12)18-15(20)14-13(9-2-3-9)16-8-22-14/h4-5,8-9,11-12H,2-3,6-7H2,1H3,(H,18,20)/t11-,12+/m0/s1. The molecule has 0 aromatic carbocycles. The van der Waals surface area contributed by atoms with Crippen molar-refractivity contribution in [1.82, 2.24) is 20.1 Å². The molecule has 0 spiro atoms.